The Bertz CT molecular complexity index is 833. The number of benzene rings is 1. The Kier molecular flexibility index (Phi) is 5.60. The maximum absolute atomic E-state index is 12.8. The minimum absolute atomic E-state index is 0.231. The fraction of sp³-hybridized carbons (Fsp3) is 0.474. The van der Waals surface area contributed by atoms with Crippen LogP contribution in [0.15, 0.2) is 18.2 Å². The zero-order valence-electron chi connectivity index (χ0n) is 15.8. The fourth-order valence-electron chi connectivity index (χ4n) is 3.64. The molecule has 28 heavy (non-hydrogen) atoms. The van der Waals surface area contributed by atoms with Gasteiger partial charge in [-0.1, -0.05) is 18.5 Å². The molecule has 0 unspecified atom stereocenters. The summed E-state index contributed by atoms with van der Waals surface area (Å²) in [5.41, 5.74) is -0.0475. The Labute approximate surface area is 168 Å². The summed E-state index contributed by atoms with van der Waals surface area (Å²) in [4.78, 5) is 49.5. The van der Waals surface area contributed by atoms with Crippen LogP contribution in [0.2, 0.25) is 5.02 Å². The SMILES string of the molecule is CC(=O)Nc1ccc(NC(=O)CN2C(=O)NC3(CCC(C)CC3)C2=O)c(Cl)c1. The molecule has 9 heteroatoms. The topological polar surface area (TPSA) is 108 Å². The van der Waals surface area contributed by atoms with Crippen LogP contribution in [0.25, 0.3) is 0 Å². The first-order valence-electron chi connectivity index (χ1n) is 9.21. The number of rotatable bonds is 4. The molecule has 1 aliphatic heterocycles. The summed E-state index contributed by atoms with van der Waals surface area (Å²) < 4.78 is 0. The lowest BCUT2D eigenvalue weighted by atomic mass is 9.77. The van der Waals surface area contributed by atoms with Gasteiger partial charge in [0.05, 0.1) is 10.7 Å². The third-order valence-electron chi connectivity index (χ3n) is 5.24. The molecule has 8 nitrogen and oxygen atoms in total. The van der Waals surface area contributed by atoms with Gasteiger partial charge in [-0.05, 0) is 49.8 Å². The number of hydrogen-bond donors (Lipinski definition) is 3. The van der Waals surface area contributed by atoms with Gasteiger partial charge in [0.2, 0.25) is 11.8 Å². The summed E-state index contributed by atoms with van der Waals surface area (Å²) in [6, 6.07) is 4.10. The molecule has 1 aromatic carbocycles. The smallest absolute Gasteiger partial charge is 0.325 e. The minimum Gasteiger partial charge on any atom is -0.326 e. The number of halogens is 1. The maximum Gasteiger partial charge on any atom is 0.325 e. The molecule has 0 aromatic heterocycles. The molecule has 3 N–H and O–H groups in total. The van der Waals surface area contributed by atoms with Crippen LogP contribution in [-0.2, 0) is 14.4 Å². The highest BCUT2D eigenvalue weighted by atomic mass is 35.5. The first kappa shape index (κ1) is 20.1. The molecule has 1 saturated heterocycles. The number of carbonyl (C=O) groups excluding carboxylic acids is 4. The van der Waals surface area contributed by atoms with Gasteiger partial charge in [-0.3, -0.25) is 19.3 Å². The summed E-state index contributed by atoms with van der Waals surface area (Å²) in [6.07, 6.45) is 2.91. The van der Waals surface area contributed by atoms with E-state index in [0.717, 1.165) is 17.7 Å². The van der Waals surface area contributed by atoms with Crippen LogP contribution in [0.3, 0.4) is 0 Å². The fourth-order valence-corrected chi connectivity index (χ4v) is 3.87. The predicted molar refractivity (Wildman–Crippen MR) is 105 cm³/mol. The highest BCUT2D eigenvalue weighted by Gasteiger charge is 2.52. The lowest BCUT2D eigenvalue weighted by molar-refractivity contribution is -0.135. The first-order valence-corrected chi connectivity index (χ1v) is 9.59. The minimum atomic E-state index is -0.873. The molecule has 2 aliphatic rings. The second-order valence-electron chi connectivity index (χ2n) is 7.51. The molecule has 150 valence electrons. The van der Waals surface area contributed by atoms with E-state index in [2.05, 4.69) is 22.9 Å². The van der Waals surface area contributed by atoms with Crippen LogP contribution in [-0.4, -0.2) is 40.7 Å². The molecule has 1 aliphatic carbocycles. The molecule has 0 radical (unpaired) electrons. The van der Waals surface area contributed by atoms with Gasteiger partial charge in [0.15, 0.2) is 0 Å². The highest BCUT2D eigenvalue weighted by molar-refractivity contribution is 6.34. The van der Waals surface area contributed by atoms with Crippen molar-refractivity contribution in [2.45, 2.75) is 45.1 Å². The molecule has 1 spiro atoms. The van der Waals surface area contributed by atoms with Crippen molar-refractivity contribution in [2.24, 2.45) is 5.92 Å². The van der Waals surface area contributed by atoms with Gasteiger partial charge in [-0.2, -0.15) is 0 Å². The average molecular weight is 407 g/mol. The molecule has 0 atom stereocenters. The number of carbonyl (C=O) groups is 4. The van der Waals surface area contributed by atoms with E-state index in [1.54, 1.807) is 12.1 Å². The number of anilines is 2. The van der Waals surface area contributed by atoms with Crippen LogP contribution < -0.4 is 16.0 Å². The van der Waals surface area contributed by atoms with Gasteiger partial charge in [-0.25, -0.2) is 4.79 Å². The molecule has 0 bridgehead atoms. The Morgan fingerprint density at radius 2 is 1.93 bits per heavy atom. The van der Waals surface area contributed by atoms with Crippen molar-refractivity contribution in [3.05, 3.63) is 23.2 Å². The van der Waals surface area contributed by atoms with E-state index in [-0.39, 0.29) is 23.4 Å². The molecule has 3 rings (SSSR count). The number of urea groups is 1. The van der Waals surface area contributed by atoms with Gasteiger partial charge in [0.1, 0.15) is 12.1 Å². The van der Waals surface area contributed by atoms with Crippen LogP contribution >= 0.6 is 11.6 Å². The zero-order valence-corrected chi connectivity index (χ0v) is 16.6. The first-order chi connectivity index (χ1) is 13.2. The van der Waals surface area contributed by atoms with Crippen molar-refractivity contribution in [3.8, 4) is 0 Å². The quantitative estimate of drug-likeness (QED) is 0.668. The van der Waals surface area contributed by atoms with Crippen LogP contribution in [0.1, 0.15) is 39.5 Å². The normalized spacial score (nSPS) is 24.2. The van der Waals surface area contributed by atoms with Crippen molar-refractivity contribution < 1.29 is 19.2 Å². The van der Waals surface area contributed by atoms with Crippen LogP contribution in [0.5, 0.6) is 0 Å². The molecule has 5 amide bonds. The lowest BCUT2D eigenvalue weighted by Gasteiger charge is -2.33. The van der Waals surface area contributed by atoms with Crippen molar-refractivity contribution in [1.29, 1.82) is 0 Å². The third kappa shape index (κ3) is 4.11. The monoisotopic (exact) mass is 406 g/mol. The van der Waals surface area contributed by atoms with Crippen molar-refractivity contribution in [1.82, 2.24) is 10.2 Å². The van der Waals surface area contributed by atoms with Crippen LogP contribution in [0, 0.1) is 5.92 Å². The molecule has 2 fully saturated rings. The van der Waals surface area contributed by atoms with Gasteiger partial charge >= 0.3 is 6.03 Å². The molecular weight excluding hydrogens is 384 g/mol. The van der Waals surface area contributed by atoms with E-state index in [1.807, 2.05) is 0 Å². The highest BCUT2D eigenvalue weighted by Crippen LogP contribution is 2.36. The predicted octanol–water partition coefficient (Wildman–Crippen LogP) is 2.74. The molecule has 1 saturated carbocycles. The van der Waals surface area contributed by atoms with Gasteiger partial charge < -0.3 is 16.0 Å². The van der Waals surface area contributed by atoms with E-state index in [4.69, 9.17) is 11.6 Å². The largest absolute Gasteiger partial charge is 0.326 e. The maximum atomic E-state index is 12.8. The van der Waals surface area contributed by atoms with Crippen molar-refractivity contribution >= 4 is 46.7 Å². The molecule has 1 aromatic rings. The van der Waals surface area contributed by atoms with Crippen molar-refractivity contribution in [2.75, 3.05) is 17.2 Å². The van der Waals surface area contributed by atoms with Gasteiger partial charge in [0.25, 0.3) is 5.91 Å². The number of hydrogen-bond acceptors (Lipinski definition) is 4. The van der Waals surface area contributed by atoms with Crippen LogP contribution in [0.4, 0.5) is 16.2 Å². The number of nitrogens with one attached hydrogen (secondary N) is 3. The van der Waals surface area contributed by atoms with Gasteiger partial charge in [0, 0.05) is 12.6 Å². The summed E-state index contributed by atoms with van der Waals surface area (Å²) in [5, 5.41) is 8.21. The Balaban J connectivity index is 1.64. The van der Waals surface area contributed by atoms with Crippen molar-refractivity contribution in [3.63, 3.8) is 0 Å². The Morgan fingerprint density at radius 1 is 1.25 bits per heavy atom. The van der Waals surface area contributed by atoms with E-state index in [1.165, 1.54) is 13.0 Å². The second-order valence-corrected chi connectivity index (χ2v) is 7.92. The number of imide groups is 1. The Morgan fingerprint density at radius 3 is 2.54 bits per heavy atom. The zero-order chi connectivity index (χ0) is 20.5. The summed E-state index contributed by atoms with van der Waals surface area (Å²) in [5.74, 6) is -0.585. The summed E-state index contributed by atoms with van der Waals surface area (Å²) in [7, 11) is 0. The summed E-state index contributed by atoms with van der Waals surface area (Å²) in [6.45, 7) is 3.12. The lowest BCUT2D eigenvalue weighted by Crippen LogP contribution is -2.49. The average Bonchev–Trinajstić information content (AvgIpc) is 2.84. The second kappa shape index (κ2) is 7.79. The van der Waals surface area contributed by atoms with E-state index < -0.39 is 17.5 Å². The standard InChI is InChI=1S/C19H23ClN4O4/c1-11-5-7-19(8-6-11)17(27)24(18(28)23-19)10-16(26)22-15-4-3-13(9-14(15)20)21-12(2)25/h3-4,9,11H,5-8,10H2,1-2H3,(H,21,25)(H,22,26)(H,23,28). The number of amides is 5. The number of nitrogens with zero attached hydrogens (tertiary/aromatic N) is 1. The molecule has 1 heterocycles. The van der Waals surface area contributed by atoms with E-state index in [0.29, 0.717) is 30.1 Å². The third-order valence-corrected chi connectivity index (χ3v) is 5.55. The van der Waals surface area contributed by atoms with E-state index in [9.17, 15) is 19.2 Å². The van der Waals surface area contributed by atoms with E-state index >= 15 is 0 Å². The van der Waals surface area contributed by atoms with Gasteiger partial charge in [-0.15, -0.1) is 0 Å². The Hall–Kier alpha value is -2.61. The summed E-state index contributed by atoms with van der Waals surface area (Å²) >= 11 is 6.14. The molecular formula is C19H23ClN4O4.